The maximum atomic E-state index is 13.3. The second-order valence-corrected chi connectivity index (χ2v) is 7.61. The van der Waals surface area contributed by atoms with Crippen molar-refractivity contribution in [1.82, 2.24) is 10.2 Å². The van der Waals surface area contributed by atoms with E-state index in [1.807, 2.05) is 46.1 Å². The third-order valence-electron chi connectivity index (χ3n) is 5.05. The van der Waals surface area contributed by atoms with Gasteiger partial charge in [0.25, 0.3) is 0 Å². The van der Waals surface area contributed by atoms with Gasteiger partial charge in [-0.1, -0.05) is 32.0 Å². The predicted octanol–water partition coefficient (Wildman–Crippen LogP) is 3.71. The van der Waals surface area contributed by atoms with Crippen LogP contribution in [0.4, 0.5) is 4.39 Å². The zero-order valence-electron chi connectivity index (χ0n) is 16.7. The Kier molecular flexibility index (Phi) is 6.19. The molecule has 2 unspecified atom stereocenters. The summed E-state index contributed by atoms with van der Waals surface area (Å²) in [6, 6.07) is 12.0. The number of hydrogen-bond acceptors (Lipinski definition) is 4. The van der Waals surface area contributed by atoms with Crippen LogP contribution >= 0.6 is 0 Å². The summed E-state index contributed by atoms with van der Waals surface area (Å²) in [4.78, 5) is 15.0. The molecule has 0 spiro atoms. The zero-order chi connectivity index (χ0) is 20.3. The lowest BCUT2D eigenvalue weighted by atomic mass is 9.87. The van der Waals surface area contributed by atoms with E-state index in [2.05, 4.69) is 10.2 Å². The number of hydrogen-bond donors (Lipinski definition) is 1. The molecule has 5 nitrogen and oxygen atoms in total. The highest BCUT2D eigenvalue weighted by Crippen LogP contribution is 2.35. The highest BCUT2D eigenvalue weighted by molar-refractivity contribution is 5.84. The summed E-state index contributed by atoms with van der Waals surface area (Å²) in [5.41, 5.74) is 1.86. The van der Waals surface area contributed by atoms with Gasteiger partial charge in [-0.15, -0.1) is 0 Å². The fourth-order valence-electron chi connectivity index (χ4n) is 3.54. The highest BCUT2D eigenvalue weighted by Gasteiger charge is 2.26. The number of halogens is 1. The molecule has 1 aliphatic heterocycles. The molecule has 150 valence electrons. The first-order chi connectivity index (χ1) is 13.4. The van der Waals surface area contributed by atoms with Gasteiger partial charge in [0.1, 0.15) is 5.82 Å². The van der Waals surface area contributed by atoms with Crippen molar-refractivity contribution in [2.75, 3.05) is 27.4 Å². The number of rotatable bonds is 7. The predicted molar refractivity (Wildman–Crippen MR) is 106 cm³/mol. The van der Waals surface area contributed by atoms with Crippen LogP contribution in [0.2, 0.25) is 0 Å². The van der Waals surface area contributed by atoms with Crippen molar-refractivity contribution in [3.63, 3.8) is 0 Å². The molecule has 3 rings (SSSR count). The van der Waals surface area contributed by atoms with E-state index in [0.29, 0.717) is 6.54 Å². The number of benzene rings is 2. The number of amides is 1. The van der Waals surface area contributed by atoms with Crippen molar-refractivity contribution in [3.8, 4) is 11.5 Å². The van der Waals surface area contributed by atoms with Gasteiger partial charge in [0, 0.05) is 6.54 Å². The summed E-state index contributed by atoms with van der Waals surface area (Å²) in [6.45, 7) is 4.68. The van der Waals surface area contributed by atoms with Crippen molar-refractivity contribution >= 4 is 5.91 Å². The standard InChI is InChI=1S/C22H27FN2O3/c1-14(2)21(15-5-8-17(23)9-6-15)22(26)24-12-18(25(3)4)16-7-10-19-20(11-16)28-13-27-19/h5-11,14,18,21H,12-13H2,1-4H3,(H,24,26). The lowest BCUT2D eigenvalue weighted by Crippen LogP contribution is -2.38. The van der Waals surface area contributed by atoms with E-state index in [1.54, 1.807) is 12.1 Å². The van der Waals surface area contributed by atoms with Gasteiger partial charge < -0.3 is 19.7 Å². The van der Waals surface area contributed by atoms with Gasteiger partial charge in [-0.25, -0.2) is 4.39 Å². The topological polar surface area (TPSA) is 50.8 Å². The summed E-state index contributed by atoms with van der Waals surface area (Å²) in [5.74, 6) is 0.855. The molecule has 28 heavy (non-hydrogen) atoms. The minimum atomic E-state index is -0.333. The Morgan fingerprint density at radius 3 is 2.36 bits per heavy atom. The van der Waals surface area contributed by atoms with Gasteiger partial charge in [-0.2, -0.15) is 0 Å². The average Bonchev–Trinajstić information content (AvgIpc) is 3.11. The Morgan fingerprint density at radius 1 is 1.07 bits per heavy atom. The molecule has 2 aromatic carbocycles. The van der Waals surface area contributed by atoms with Gasteiger partial charge in [0.05, 0.1) is 12.0 Å². The molecule has 0 saturated carbocycles. The fraction of sp³-hybridized carbons (Fsp3) is 0.409. The minimum Gasteiger partial charge on any atom is -0.454 e. The fourth-order valence-corrected chi connectivity index (χ4v) is 3.54. The molecule has 0 aromatic heterocycles. The lowest BCUT2D eigenvalue weighted by molar-refractivity contribution is -0.123. The van der Waals surface area contributed by atoms with Crippen LogP contribution in [-0.2, 0) is 4.79 Å². The van der Waals surface area contributed by atoms with Crippen molar-refractivity contribution < 1.29 is 18.7 Å². The maximum absolute atomic E-state index is 13.3. The second kappa shape index (κ2) is 8.61. The monoisotopic (exact) mass is 386 g/mol. The van der Waals surface area contributed by atoms with Crippen LogP contribution in [0.3, 0.4) is 0 Å². The summed E-state index contributed by atoms with van der Waals surface area (Å²) >= 11 is 0. The Bertz CT molecular complexity index is 821. The van der Waals surface area contributed by atoms with Gasteiger partial charge in [-0.3, -0.25) is 4.79 Å². The highest BCUT2D eigenvalue weighted by atomic mass is 19.1. The van der Waals surface area contributed by atoms with E-state index in [-0.39, 0.29) is 36.4 Å². The Balaban J connectivity index is 1.73. The van der Waals surface area contributed by atoms with Crippen molar-refractivity contribution in [3.05, 3.63) is 59.4 Å². The summed E-state index contributed by atoms with van der Waals surface area (Å²) < 4.78 is 24.1. The molecule has 1 N–H and O–H groups in total. The number of ether oxygens (including phenoxy) is 2. The average molecular weight is 386 g/mol. The molecule has 0 aliphatic carbocycles. The number of likely N-dealkylation sites (N-methyl/N-ethyl adjacent to an activating group) is 1. The van der Waals surface area contributed by atoms with E-state index < -0.39 is 0 Å². The number of carbonyl (C=O) groups excluding carboxylic acids is 1. The van der Waals surface area contributed by atoms with Crippen LogP contribution in [0, 0.1) is 11.7 Å². The maximum Gasteiger partial charge on any atom is 0.231 e. The summed E-state index contributed by atoms with van der Waals surface area (Å²) in [7, 11) is 3.95. The van der Waals surface area contributed by atoms with Gasteiger partial charge in [0.2, 0.25) is 12.7 Å². The normalized spacial score (nSPS) is 15.0. The number of nitrogens with zero attached hydrogens (tertiary/aromatic N) is 1. The van der Waals surface area contributed by atoms with Crippen LogP contribution in [-0.4, -0.2) is 38.2 Å². The lowest BCUT2D eigenvalue weighted by Gasteiger charge is -2.27. The molecule has 1 aliphatic rings. The smallest absolute Gasteiger partial charge is 0.231 e. The Morgan fingerprint density at radius 2 is 1.71 bits per heavy atom. The molecular formula is C22H27FN2O3. The van der Waals surface area contributed by atoms with E-state index in [1.165, 1.54) is 12.1 Å². The summed E-state index contributed by atoms with van der Waals surface area (Å²) in [5, 5.41) is 3.08. The Labute approximate surface area is 165 Å². The van der Waals surface area contributed by atoms with Crippen LogP contribution in [0.25, 0.3) is 0 Å². The number of nitrogens with one attached hydrogen (secondary N) is 1. The summed E-state index contributed by atoms with van der Waals surface area (Å²) in [6.07, 6.45) is 0. The van der Waals surface area contributed by atoms with Crippen LogP contribution in [0.1, 0.15) is 36.9 Å². The van der Waals surface area contributed by atoms with Gasteiger partial charge >= 0.3 is 0 Å². The van der Waals surface area contributed by atoms with Crippen LogP contribution in [0.5, 0.6) is 11.5 Å². The molecule has 1 amide bonds. The minimum absolute atomic E-state index is 0.0144. The van der Waals surface area contributed by atoms with E-state index in [9.17, 15) is 9.18 Å². The van der Waals surface area contributed by atoms with E-state index >= 15 is 0 Å². The molecular weight excluding hydrogens is 359 g/mol. The van der Waals surface area contributed by atoms with Gasteiger partial charge in [-0.05, 0) is 55.4 Å². The van der Waals surface area contributed by atoms with E-state index in [4.69, 9.17) is 9.47 Å². The molecule has 2 aromatic rings. The zero-order valence-corrected chi connectivity index (χ0v) is 16.7. The molecule has 6 heteroatoms. The number of carbonyl (C=O) groups is 1. The Hall–Kier alpha value is -2.60. The quantitative estimate of drug-likeness (QED) is 0.788. The largest absolute Gasteiger partial charge is 0.454 e. The molecule has 0 bridgehead atoms. The van der Waals surface area contributed by atoms with E-state index in [0.717, 1.165) is 22.6 Å². The van der Waals surface area contributed by atoms with Crippen LogP contribution in [0.15, 0.2) is 42.5 Å². The van der Waals surface area contributed by atoms with Crippen molar-refractivity contribution in [2.24, 2.45) is 5.92 Å². The second-order valence-electron chi connectivity index (χ2n) is 7.61. The molecule has 2 atom stereocenters. The van der Waals surface area contributed by atoms with Crippen molar-refractivity contribution in [2.45, 2.75) is 25.8 Å². The van der Waals surface area contributed by atoms with Crippen molar-refractivity contribution in [1.29, 1.82) is 0 Å². The molecule has 1 heterocycles. The van der Waals surface area contributed by atoms with Crippen LogP contribution < -0.4 is 14.8 Å². The first kappa shape index (κ1) is 20.1. The molecule has 0 radical (unpaired) electrons. The third-order valence-corrected chi connectivity index (χ3v) is 5.05. The molecule has 0 saturated heterocycles. The third kappa shape index (κ3) is 4.44. The molecule has 0 fully saturated rings. The SMILES string of the molecule is CC(C)C(C(=O)NCC(c1ccc2c(c1)OCO2)N(C)C)c1ccc(F)cc1. The first-order valence-corrected chi connectivity index (χ1v) is 9.46. The van der Waals surface area contributed by atoms with Gasteiger partial charge in [0.15, 0.2) is 11.5 Å². The number of fused-ring (bicyclic) bond motifs is 1. The first-order valence-electron chi connectivity index (χ1n) is 9.46.